The maximum atomic E-state index is 12.0. The Morgan fingerprint density at radius 2 is 1.84 bits per heavy atom. The van der Waals surface area contributed by atoms with Crippen LogP contribution in [0.2, 0.25) is 5.02 Å². The first-order chi connectivity index (χ1) is 12.0. The van der Waals surface area contributed by atoms with Crippen LogP contribution in [0.1, 0.15) is 5.56 Å². The van der Waals surface area contributed by atoms with Gasteiger partial charge in [-0.2, -0.15) is 0 Å². The SMILES string of the molecule is COc1ccc(NC(=O)COC(=O)Cc2ccccc2Cl)c(OC)c1. The highest BCUT2D eigenvalue weighted by Gasteiger charge is 2.13. The molecule has 0 heterocycles. The average molecular weight is 364 g/mol. The molecule has 0 aromatic heterocycles. The van der Waals surface area contributed by atoms with Gasteiger partial charge in [0.25, 0.3) is 5.91 Å². The predicted molar refractivity (Wildman–Crippen MR) is 94.3 cm³/mol. The van der Waals surface area contributed by atoms with Crippen molar-refractivity contribution in [3.63, 3.8) is 0 Å². The van der Waals surface area contributed by atoms with Gasteiger partial charge in [0.1, 0.15) is 11.5 Å². The van der Waals surface area contributed by atoms with Gasteiger partial charge in [-0.15, -0.1) is 0 Å². The fraction of sp³-hybridized carbons (Fsp3) is 0.222. The second kappa shape index (κ2) is 8.94. The van der Waals surface area contributed by atoms with Crippen molar-refractivity contribution >= 4 is 29.2 Å². The molecule has 6 nitrogen and oxygen atoms in total. The first-order valence-electron chi connectivity index (χ1n) is 7.44. The fourth-order valence-electron chi connectivity index (χ4n) is 2.08. The molecule has 7 heteroatoms. The van der Waals surface area contributed by atoms with Gasteiger partial charge < -0.3 is 19.5 Å². The molecule has 1 N–H and O–H groups in total. The predicted octanol–water partition coefficient (Wildman–Crippen LogP) is 3.08. The summed E-state index contributed by atoms with van der Waals surface area (Å²) in [6.45, 7) is -0.404. The van der Waals surface area contributed by atoms with Gasteiger partial charge in [-0.3, -0.25) is 9.59 Å². The van der Waals surface area contributed by atoms with Crippen LogP contribution in [0, 0.1) is 0 Å². The first kappa shape index (κ1) is 18.6. The van der Waals surface area contributed by atoms with E-state index in [9.17, 15) is 9.59 Å². The Hall–Kier alpha value is -2.73. The van der Waals surface area contributed by atoms with Gasteiger partial charge in [0, 0.05) is 11.1 Å². The number of halogens is 1. The summed E-state index contributed by atoms with van der Waals surface area (Å²) < 4.78 is 15.3. The summed E-state index contributed by atoms with van der Waals surface area (Å²) in [6, 6.07) is 11.9. The second-order valence-electron chi connectivity index (χ2n) is 5.04. The molecule has 25 heavy (non-hydrogen) atoms. The number of benzene rings is 2. The van der Waals surface area contributed by atoms with Crippen LogP contribution >= 0.6 is 11.6 Å². The van der Waals surface area contributed by atoms with Crippen molar-refractivity contribution in [2.45, 2.75) is 6.42 Å². The molecular weight excluding hydrogens is 346 g/mol. The molecular formula is C18H18ClNO5. The highest BCUT2D eigenvalue weighted by molar-refractivity contribution is 6.31. The molecule has 0 aliphatic rings. The lowest BCUT2D eigenvalue weighted by Gasteiger charge is -2.12. The van der Waals surface area contributed by atoms with Gasteiger partial charge in [-0.25, -0.2) is 0 Å². The molecule has 0 atom stereocenters. The number of hydrogen-bond donors (Lipinski definition) is 1. The topological polar surface area (TPSA) is 73.9 Å². The Morgan fingerprint density at radius 1 is 1.08 bits per heavy atom. The summed E-state index contributed by atoms with van der Waals surface area (Å²) in [6.07, 6.45) is -0.00118. The smallest absolute Gasteiger partial charge is 0.310 e. The number of ether oxygens (including phenoxy) is 3. The van der Waals surface area contributed by atoms with Crippen LogP contribution in [0.3, 0.4) is 0 Å². The van der Waals surface area contributed by atoms with Gasteiger partial charge in [-0.05, 0) is 23.8 Å². The van der Waals surface area contributed by atoms with Crippen molar-refractivity contribution in [3.8, 4) is 11.5 Å². The molecule has 0 fully saturated rings. The molecule has 2 aromatic carbocycles. The van der Waals surface area contributed by atoms with E-state index in [0.717, 1.165) is 0 Å². The summed E-state index contributed by atoms with van der Waals surface area (Å²) in [5.41, 5.74) is 1.10. The number of amides is 1. The molecule has 1 amide bonds. The van der Waals surface area contributed by atoms with E-state index < -0.39 is 18.5 Å². The van der Waals surface area contributed by atoms with Crippen LogP contribution in [-0.4, -0.2) is 32.7 Å². The lowest BCUT2D eigenvalue weighted by molar-refractivity contribution is -0.146. The molecule has 0 aliphatic carbocycles. The molecule has 0 unspecified atom stereocenters. The lowest BCUT2D eigenvalue weighted by atomic mass is 10.1. The number of carbonyl (C=O) groups excluding carboxylic acids is 2. The van der Waals surface area contributed by atoms with Crippen LogP contribution in [0.4, 0.5) is 5.69 Å². The normalized spacial score (nSPS) is 10.0. The van der Waals surface area contributed by atoms with Crippen LogP contribution < -0.4 is 14.8 Å². The summed E-state index contributed by atoms with van der Waals surface area (Å²) in [4.78, 5) is 23.8. The Bertz CT molecular complexity index is 763. The third-order valence-corrected chi connectivity index (χ3v) is 3.71. The van der Waals surface area contributed by atoms with E-state index in [2.05, 4.69) is 5.32 Å². The summed E-state index contributed by atoms with van der Waals surface area (Å²) in [5, 5.41) is 3.10. The number of nitrogens with one attached hydrogen (secondary N) is 1. The van der Waals surface area contributed by atoms with Crippen molar-refractivity contribution in [2.75, 3.05) is 26.1 Å². The lowest BCUT2D eigenvalue weighted by Crippen LogP contribution is -2.22. The molecule has 2 rings (SSSR count). The largest absolute Gasteiger partial charge is 0.497 e. The Labute approximate surface area is 150 Å². The highest BCUT2D eigenvalue weighted by Crippen LogP contribution is 2.28. The minimum atomic E-state index is -0.537. The number of methoxy groups -OCH3 is 2. The molecule has 2 aromatic rings. The van der Waals surface area contributed by atoms with Gasteiger partial charge in [0.2, 0.25) is 0 Å². The molecule has 0 spiro atoms. The highest BCUT2D eigenvalue weighted by atomic mass is 35.5. The minimum absolute atomic E-state index is 0.00118. The van der Waals surface area contributed by atoms with Crippen molar-refractivity contribution < 1.29 is 23.8 Å². The van der Waals surface area contributed by atoms with E-state index in [1.54, 1.807) is 42.5 Å². The van der Waals surface area contributed by atoms with E-state index >= 15 is 0 Å². The van der Waals surface area contributed by atoms with Crippen molar-refractivity contribution in [1.82, 2.24) is 0 Å². The van der Waals surface area contributed by atoms with E-state index in [0.29, 0.717) is 27.8 Å². The zero-order valence-corrected chi connectivity index (χ0v) is 14.6. The summed E-state index contributed by atoms with van der Waals surface area (Å²) >= 11 is 5.99. The third-order valence-electron chi connectivity index (χ3n) is 3.34. The Morgan fingerprint density at radius 3 is 2.52 bits per heavy atom. The van der Waals surface area contributed by atoms with E-state index in [1.807, 2.05) is 0 Å². The van der Waals surface area contributed by atoms with Gasteiger partial charge in [0.05, 0.1) is 26.3 Å². The number of carbonyl (C=O) groups is 2. The number of anilines is 1. The van der Waals surface area contributed by atoms with Crippen LogP contribution in [0.25, 0.3) is 0 Å². The molecule has 0 radical (unpaired) electrons. The monoisotopic (exact) mass is 363 g/mol. The number of esters is 1. The maximum absolute atomic E-state index is 12.0. The second-order valence-corrected chi connectivity index (χ2v) is 5.45. The van der Waals surface area contributed by atoms with E-state index in [1.165, 1.54) is 14.2 Å². The Kier molecular flexibility index (Phi) is 6.65. The standard InChI is InChI=1S/C18H18ClNO5/c1-23-13-7-8-15(16(10-13)24-2)20-17(21)11-25-18(22)9-12-5-3-4-6-14(12)19/h3-8,10H,9,11H2,1-2H3,(H,20,21). The van der Waals surface area contributed by atoms with E-state index in [-0.39, 0.29) is 6.42 Å². The number of hydrogen-bond acceptors (Lipinski definition) is 5. The summed E-state index contributed by atoms with van der Waals surface area (Å²) in [5.74, 6) is 0.0250. The number of rotatable bonds is 7. The van der Waals surface area contributed by atoms with Gasteiger partial charge >= 0.3 is 5.97 Å². The van der Waals surface area contributed by atoms with Crippen molar-refractivity contribution in [1.29, 1.82) is 0 Å². The first-order valence-corrected chi connectivity index (χ1v) is 7.82. The van der Waals surface area contributed by atoms with Crippen molar-refractivity contribution in [2.24, 2.45) is 0 Å². The molecule has 0 saturated heterocycles. The minimum Gasteiger partial charge on any atom is -0.497 e. The van der Waals surface area contributed by atoms with E-state index in [4.69, 9.17) is 25.8 Å². The zero-order valence-electron chi connectivity index (χ0n) is 13.9. The molecule has 0 saturated carbocycles. The van der Waals surface area contributed by atoms with Crippen LogP contribution in [0.15, 0.2) is 42.5 Å². The van der Waals surface area contributed by atoms with Crippen LogP contribution in [-0.2, 0) is 20.7 Å². The Balaban J connectivity index is 1.88. The van der Waals surface area contributed by atoms with Crippen LogP contribution in [0.5, 0.6) is 11.5 Å². The average Bonchev–Trinajstić information content (AvgIpc) is 2.62. The third kappa shape index (κ3) is 5.39. The zero-order chi connectivity index (χ0) is 18.2. The molecule has 132 valence electrons. The summed E-state index contributed by atoms with van der Waals surface area (Å²) in [7, 11) is 3.01. The van der Waals surface area contributed by atoms with Gasteiger partial charge in [0.15, 0.2) is 6.61 Å². The van der Waals surface area contributed by atoms with Crippen molar-refractivity contribution in [3.05, 3.63) is 53.1 Å². The molecule has 0 bridgehead atoms. The fourth-order valence-corrected chi connectivity index (χ4v) is 2.28. The maximum Gasteiger partial charge on any atom is 0.310 e. The van der Waals surface area contributed by atoms with Gasteiger partial charge in [-0.1, -0.05) is 29.8 Å². The quantitative estimate of drug-likeness (QED) is 0.765. The molecule has 0 aliphatic heterocycles.